The summed E-state index contributed by atoms with van der Waals surface area (Å²) < 4.78 is 5.15. The predicted molar refractivity (Wildman–Crippen MR) is 94.2 cm³/mol. The third kappa shape index (κ3) is 4.03. The molecular weight excluding hydrogens is 322 g/mol. The minimum absolute atomic E-state index is 0.0834. The van der Waals surface area contributed by atoms with E-state index < -0.39 is 5.97 Å². The zero-order valence-corrected chi connectivity index (χ0v) is 14.5. The zero-order valence-electron chi connectivity index (χ0n) is 13.7. The van der Waals surface area contributed by atoms with Gasteiger partial charge in [-0.25, -0.2) is 4.79 Å². The lowest BCUT2D eigenvalue weighted by Gasteiger charge is -2.16. The van der Waals surface area contributed by atoms with Crippen molar-refractivity contribution in [2.24, 2.45) is 0 Å². The Balaban J connectivity index is 1.52. The molecule has 1 aliphatic carbocycles. The number of hydrogen-bond donors (Lipinski definition) is 1. The third-order valence-electron chi connectivity index (χ3n) is 4.27. The number of hydrogen-bond acceptors (Lipinski definition) is 4. The van der Waals surface area contributed by atoms with Crippen LogP contribution in [0.1, 0.15) is 52.2 Å². The van der Waals surface area contributed by atoms with Crippen molar-refractivity contribution in [3.8, 4) is 0 Å². The summed E-state index contributed by atoms with van der Waals surface area (Å²) >= 11 is 1.58. The van der Waals surface area contributed by atoms with Crippen LogP contribution in [0.4, 0.5) is 0 Å². The van der Waals surface area contributed by atoms with E-state index in [1.165, 1.54) is 17.5 Å². The average molecular weight is 343 g/mol. The van der Waals surface area contributed by atoms with E-state index in [-0.39, 0.29) is 18.6 Å². The van der Waals surface area contributed by atoms with Crippen molar-refractivity contribution in [3.05, 3.63) is 57.3 Å². The van der Waals surface area contributed by atoms with Gasteiger partial charge in [0.2, 0.25) is 0 Å². The molecule has 0 unspecified atom stereocenters. The molecule has 5 heteroatoms. The number of carbonyl (C=O) groups is 2. The molecule has 0 fully saturated rings. The van der Waals surface area contributed by atoms with Gasteiger partial charge in [0.05, 0.1) is 11.6 Å². The molecule has 0 bridgehead atoms. The highest BCUT2D eigenvalue weighted by molar-refractivity contribution is 7.10. The van der Waals surface area contributed by atoms with E-state index in [2.05, 4.69) is 5.32 Å². The summed E-state index contributed by atoms with van der Waals surface area (Å²) in [7, 11) is 0. The number of ether oxygens (including phenoxy) is 1. The van der Waals surface area contributed by atoms with Crippen LogP contribution in [0.5, 0.6) is 0 Å². The number of nitrogens with one attached hydrogen (secondary N) is 1. The van der Waals surface area contributed by atoms with Gasteiger partial charge in [0.1, 0.15) is 0 Å². The summed E-state index contributed by atoms with van der Waals surface area (Å²) in [5, 5.41) is 4.80. The smallest absolute Gasteiger partial charge is 0.338 e. The maximum Gasteiger partial charge on any atom is 0.338 e. The molecule has 1 aliphatic rings. The van der Waals surface area contributed by atoms with Gasteiger partial charge >= 0.3 is 5.97 Å². The molecule has 1 aromatic carbocycles. The van der Waals surface area contributed by atoms with Crippen molar-refractivity contribution in [1.29, 1.82) is 0 Å². The molecule has 0 spiro atoms. The number of thiophene rings is 1. The summed E-state index contributed by atoms with van der Waals surface area (Å²) in [6.07, 6.45) is 4.46. The fraction of sp³-hybridized carbons (Fsp3) is 0.368. The Morgan fingerprint density at radius 2 is 2.00 bits per heavy atom. The molecule has 1 aromatic heterocycles. The Morgan fingerprint density at radius 1 is 1.21 bits per heavy atom. The Kier molecular flexibility index (Phi) is 5.30. The normalized spacial score (nSPS) is 14.5. The Morgan fingerprint density at radius 3 is 2.75 bits per heavy atom. The fourth-order valence-corrected chi connectivity index (χ4v) is 3.70. The largest absolute Gasteiger partial charge is 0.452 e. The van der Waals surface area contributed by atoms with Crippen LogP contribution in [-0.4, -0.2) is 18.5 Å². The first kappa shape index (κ1) is 16.7. The highest BCUT2D eigenvalue weighted by Gasteiger charge is 2.16. The molecule has 126 valence electrons. The van der Waals surface area contributed by atoms with Gasteiger partial charge in [0, 0.05) is 4.88 Å². The van der Waals surface area contributed by atoms with Crippen molar-refractivity contribution < 1.29 is 14.3 Å². The highest BCUT2D eigenvalue weighted by atomic mass is 32.1. The van der Waals surface area contributed by atoms with E-state index in [9.17, 15) is 9.59 Å². The number of carbonyl (C=O) groups excluding carboxylic acids is 2. The lowest BCUT2D eigenvalue weighted by atomic mass is 9.90. The zero-order chi connectivity index (χ0) is 16.9. The molecule has 1 atom stereocenters. The van der Waals surface area contributed by atoms with Crippen LogP contribution in [0, 0.1) is 0 Å². The number of amides is 1. The van der Waals surface area contributed by atoms with Gasteiger partial charge < -0.3 is 10.1 Å². The average Bonchev–Trinajstić information content (AvgIpc) is 3.14. The van der Waals surface area contributed by atoms with Crippen LogP contribution >= 0.6 is 11.3 Å². The summed E-state index contributed by atoms with van der Waals surface area (Å²) in [5.74, 6) is -0.732. The molecule has 24 heavy (non-hydrogen) atoms. The number of benzene rings is 1. The lowest BCUT2D eigenvalue weighted by Crippen LogP contribution is -2.30. The van der Waals surface area contributed by atoms with Crippen LogP contribution in [-0.2, 0) is 22.4 Å². The molecule has 0 radical (unpaired) electrons. The second-order valence-corrected chi connectivity index (χ2v) is 7.05. The molecule has 0 saturated carbocycles. The van der Waals surface area contributed by atoms with E-state index in [4.69, 9.17) is 4.74 Å². The molecule has 1 N–H and O–H groups in total. The maximum atomic E-state index is 12.1. The second-order valence-electron chi connectivity index (χ2n) is 6.07. The first-order valence-electron chi connectivity index (χ1n) is 8.25. The van der Waals surface area contributed by atoms with Gasteiger partial charge in [-0.1, -0.05) is 12.1 Å². The molecule has 3 rings (SSSR count). The SMILES string of the molecule is C[C@H](NC(=O)COC(=O)c1ccc2c(c1)CCCC2)c1cccs1. The van der Waals surface area contributed by atoms with Crippen molar-refractivity contribution >= 4 is 23.2 Å². The standard InChI is InChI=1S/C19H21NO3S/c1-13(17-7-4-10-24-17)20-18(21)12-23-19(22)16-9-8-14-5-2-3-6-15(14)11-16/h4,7-11,13H,2-3,5-6,12H2,1H3,(H,20,21)/t13-/m0/s1. The van der Waals surface area contributed by atoms with Crippen molar-refractivity contribution in [2.45, 2.75) is 38.6 Å². The maximum absolute atomic E-state index is 12.1. The number of aryl methyl sites for hydroxylation is 2. The van der Waals surface area contributed by atoms with Gasteiger partial charge in [0.25, 0.3) is 5.91 Å². The quantitative estimate of drug-likeness (QED) is 0.843. The van der Waals surface area contributed by atoms with Gasteiger partial charge in [-0.15, -0.1) is 11.3 Å². The van der Waals surface area contributed by atoms with Gasteiger partial charge in [-0.05, 0) is 67.3 Å². The molecule has 2 aromatic rings. The first-order valence-corrected chi connectivity index (χ1v) is 9.13. The van der Waals surface area contributed by atoms with Crippen LogP contribution in [0.3, 0.4) is 0 Å². The molecule has 1 heterocycles. The van der Waals surface area contributed by atoms with Crippen molar-refractivity contribution in [3.63, 3.8) is 0 Å². The van der Waals surface area contributed by atoms with Gasteiger partial charge in [-0.3, -0.25) is 4.79 Å². The Labute approximate surface area is 145 Å². The number of rotatable bonds is 5. The van der Waals surface area contributed by atoms with Gasteiger partial charge in [0.15, 0.2) is 6.61 Å². The van der Waals surface area contributed by atoms with E-state index in [0.717, 1.165) is 24.1 Å². The summed E-state index contributed by atoms with van der Waals surface area (Å²) in [4.78, 5) is 25.2. The van der Waals surface area contributed by atoms with Crippen LogP contribution < -0.4 is 5.32 Å². The molecule has 1 amide bonds. The van der Waals surface area contributed by atoms with Gasteiger partial charge in [-0.2, -0.15) is 0 Å². The minimum Gasteiger partial charge on any atom is -0.452 e. The third-order valence-corrected chi connectivity index (χ3v) is 5.32. The number of fused-ring (bicyclic) bond motifs is 1. The van der Waals surface area contributed by atoms with E-state index >= 15 is 0 Å². The topological polar surface area (TPSA) is 55.4 Å². The van der Waals surface area contributed by atoms with Crippen LogP contribution in [0.25, 0.3) is 0 Å². The lowest BCUT2D eigenvalue weighted by molar-refractivity contribution is -0.124. The summed E-state index contributed by atoms with van der Waals surface area (Å²) in [5.41, 5.74) is 3.07. The Hall–Kier alpha value is -2.14. The Bertz CT molecular complexity index is 724. The van der Waals surface area contributed by atoms with Crippen molar-refractivity contribution in [2.75, 3.05) is 6.61 Å². The molecule has 0 saturated heterocycles. The van der Waals surface area contributed by atoms with Crippen molar-refractivity contribution in [1.82, 2.24) is 5.32 Å². The summed E-state index contributed by atoms with van der Waals surface area (Å²) in [6.45, 7) is 1.65. The van der Waals surface area contributed by atoms with E-state index in [1.54, 1.807) is 17.4 Å². The van der Waals surface area contributed by atoms with Crippen LogP contribution in [0.2, 0.25) is 0 Å². The molecule has 0 aliphatic heterocycles. The van der Waals surface area contributed by atoms with Crippen LogP contribution in [0.15, 0.2) is 35.7 Å². The molecule has 4 nitrogen and oxygen atoms in total. The number of esters is 1. The predicted octanol–water partition coefficient (Wildman–Crippen LogP) is 3.66. The monoisotopic (exact) mass is 343 g/mol. The fourth-order valence-electron chi connectivity index (χ4n) is 2.97. The highest BCUT2D eigenvalue weighted by Crippen LogP contribution is 2.22. The second kappa shape index (κ2) is 7.62. The van der Waals surface area contributed by atoms with E-state index in [0.29, 0.717) is 5.56 Å². The minimum atomic E-state index is -0.442. The van der Waals surface area contributed by atoms with E-state index in [1.807, 2.05) is 36.6 Å². The summed E-state index contributed by atoms with van der Waals surface area (Å²) in [6, 6.07) is 9.53. The first-order chi connectivity index (χ1) is 11.6. The molecular formula is C19H21NO3S.